The summed E-state index contributed by atoms with van der Waals surface area (Å²) in [6.45, 7) is 12.5. The Bertz CT molecular complexity index is 195. The molecule has 0 bridgehead atoms. The van der Waals surface area contributed by atoms with Gasteiger partial charge in [-0.15, -0.1) is 0 Å². The van der Waals surface area contributed by atoms with E-state index in [1.807, 2.05) is 0 Å². The minimum atomic E-state index is 0.426. The summed E-state index contributed by atoms with van der Waals surface area (Å²) in [6, 6.07) is 0. The molecule has 2 nitrogen and oxygen atoms in total. The van der Waals surface area contributed by atoms with Crippen LogP contribution in [0.15, 0.2) is 0 Å². The summed E-state index contributed by atoms with van der Waals surface area (Å²) in [5.41, 5.74) is 0. The molecule has 1 saturated heterocycles. The normalized spacial score (nSPS) is 29.6. The molecule has 0 saturated carbocycles. The van der Waals surface area contributed by atoms with E-state index in [2.05, 4.69) is 33.0 Å². The third kappa shape index (κ3) is 5.87. The van der Waals surface area contributed by atoms with Crippen LogP contribution in [0.1, 0.15) is 53.4 Å². The minimum Gasteiger partial charge on any atom is -0.378 e. The van der Waals surface area contributed by atoms with Crippen molar-refractivity contribution in [2.45, 2.75) is 59.5 Å². The third-order valence-corrected chi connectivity index (χ3v) is 4.27. The molecule has 1 N–H and O–H groups in total. The number of hydrogen-bond acceptors (Lipinski definition) is 2. The standard InChI is InChI=1S/C15H31NO/c1-5-12(2)11-17-14(4)10-15-7-9-16-8-6-13(15)3/h12-16H,5-11H2,1-4H3/t12?,13-,14+,15?/m1/s1. The van der Waals surface area contributed by atoms with E-state index in [1.54, 1.807) is 0 Å². The molecular formula is C15H31NO. The summed E-state index contributed by atoms with van der Waals surface area (Å²) in [6.07, 6.45) is 5.52. The molecule has 1 fully saturated rings. The van der Waals surface area contributed by atoms with Crippen molar-refractivity contribution in [1.82, 2.24) is 5.32 Å². The molecule has 0 spiro atoms. The SMILES string of the molecule is CCC(C)CO[C@@H](C)CC1CCNCC[C@H]1C. The van der Waals surface area contributed by atoms with E-state index < -0.39 is 0 Å². The Hall–Kier alpha value is -0.0800. The van der Waals surface area contributed by atoms with Crippen molar-refractivity contribution < 1.29 is 4.74 Å². The number of nitrogens with one attached hydrogen (secondary N) is 1. The van der Waals surface area contributed by atoms with E-state index in [0.29, 0.717) is 12.0 Å². The topological polar surface area (TPSA) is 21.3 Å². The van der Waals surface area contributed by atoms with Gasteiger partial charge in [-0.05, 0) is 57.0 Å². The largest absolute Gasteiger partial charge is 0.378 e. The van der Waals surface area contributed by atoms with Crippen LogP contribution in [0.25, 0.3) is 0 Å². The molecule has 0 aromatic rings. The van der Waals surface area contributed by atoms with Gasteiger partial charge in [-0.25, -0.2) is 0 Å². The van der Waals surface area contributed by atoms with Gasteiger partial charge in [0.05, 0.1) is 6.10 Å². The van der Waals surface area contributed by atoms with Crippen LogP contribution in [0.3, 0.4) is 0 Å². The fourth-order valence-corrected chi connectivity index (χ4v) is 2.55. The highest BCUT2D eigenvalue weighted by Gasteiger charge is 2.22. The average molecular weight is 241 g/mol. The quantitative estimate of drug-likeness (QED) is 0.769. The van der Waals surface area contributed by atoms with Crippen LogP contribution < -0.4 is 5.32 Å². The van der Waals surface area contributed by atoms with Crippen molar-refractivity contribution in [3.63, 3.8) is 0 Å². The van der Waals surface area contributed by atoms with Crippen LogP contribution in [0.5, 0.6) is 0 Å². The second kappa shape index (κ2) is 8.10. The van der Waals surface area contributed by atoms with Crippen molar-refractivity contribution >= 4 is 0 Å². The Morgan fingerprint density at radius 1 is 1.24 bits per heavy atom. The summed E-state index contributed by atoms with van der Waals surface area (Å²) in [5, 5.41) is 3.50. The Labute approximate surface area is 108 Å². The molecule has 0 amide bonds. The molecule has 1 heterocycles. The molecule has 1 aliphatic rings. The summed E-state index contributed by atoms with van der Waals surface area (Å²) < 4.78 is 5.97. The van der Waals surface area contributed by atoms with E-state index in [4.69, 9.17) is 4.74 Å². The molecule has 4 atom stereocenters. The Kier molecular flexibility index (Phi) is 7.14. The Morgan fingerprint density at radius 2 is 1.94 bits per heavy atom. The summed E-state index contributed by atoms with van der Waals surface area (Å²) in [4.78, 5) is 0. The van der Waals surface area contributed by atoms with Gasteiger partial charge in [0.15, 0.2) is 0 Å². The zero-order valence-corrected chi connectivity index (χ0v) is 12.2. The number of ether oxygens (including phenoxy) is 1. The fourth-order valence-electron chi connectivity index (χ4n) is 2.55. The molecule has 0 aliphatic carbocycles. The summed E-state index contributed by atoms with van der Waals surface area (Å²) in [7, 11) is 0. The number of rotatable bonds is 6. The predicted molar refractivity (Wildman–Crippen MR) is 74.2 cm³/mol. The molecule has 17 heavy (non-hydrogen) atoms. The molecule has 2 heteroatoms. The van der Waals surface area contributed by atoms with Crippen molar-refractivity contribution in [1.29, 1.82) is 0 Å². The lowest BCUT2D eigenvalue weighted by Crippen LogP contribution is -2.21. The molecular weight excluding hydrogens is 210 g/mol. The first kappa shape index (κ1) is 15.0. The highest BCUT2D eigenvalue weighted by Crippen LogP contribution is 2.26. The first-order valence-electron chi connectivity index (χ1n) is 7.45. The van der Waals surface area contributed by atoms with Gasteiger partial charge in [0, 0.05) is 6.61 Å². The average Bonchev–Trinajstić information content (AvgIpc) is 2.52. The summed E-state index contributed by atoms with van der Waals surface area (Å²) >= 11 is 0. The van der Waals surface area contributed by atoms with Gasteiger partial charge in [-0.1, -0.05) is 27.2 Å². The van der Waals surface area contributed by atoms with Crippen molar-refractivity contribution in [2.24, 2.45) is 17.8 Å². The van der Waals surface area contributed by atoms with E-state index in [-0.39, 0.29) is 0 Å². The zero-order chi connectivity index (χ0) is 12.7. The van der Waals surface area contributed by atoms with Gasteiger partial charge in [0.1, 0.15) is 0 Å². The Balaban J connectivity index is 2.25. The molecule has 0 aromatic carbocycles. The van der Waals surface area contributed by atoms with E-state index in [1.165, 1.54) is 38.8 Å². The van der Waals surface area contributed by atoms with Gasteiger partial charge in [-0.2, -0.15) is 0 Å². The van der Waals surface area contributed by atoms with Crippen LogP contribution in [0, 0.1) is 17.8 Å². The highest BCUT2D eigenvalue weighted by atomic mass is 16.5. The van der Waals surface area contributed by atoms with Gasteiger partial charge in [0.2, 0.25) is 0 Å². The van der Waals surface area contributed by atoms with Gasteiger partial charge in [0.25, 0.3) is 0 Å². The van der Waals surface area contributed by atoms with Crippen LogP contribution in [-0.2, 0) is 4.74 Å². The minimum absolute atomic E-state index is 0.426. The van der Waals surface area contributed by atoms with Crippen LogP contribution in [0.4, 0.5) is 0 Å². The molecule has 0 radical (unpaired) electrons. The lowest BCUT2D eigenvalue weighted by Gasteiger charge is -2.25. The van der Waals surface area contributed by atoms with Crippen molar-refractivity contribution in [3.8, 4) is 0 Å². The van der Waals surface area contributed by atoms with Gasteiger partial charge in [-0.3, -0.25) is 0 Å². The number of hydrogen-bond donors (Lipinski definition) is 1. The third-order valence-electron chi connectivity index (χ3n) is 4.27. The second-order valence-corrected chi connectivity index (χ2v) is 5.96. The van der Waals surface area contributed by atoms with Crippen LogP contribution in [-0.4, -0.2) is 25.8 Å². The molecule has 2 unspecified atom stereocenters. The monoisotopic (exact) mass is 241 g/mol. The highest BCUT2D eigenvalue weighted by molar-refractivity contribution is 4.74. The van der Waals surface area contributed by atoms with Gasteiger partial charge < -0.3 is 10.1 Å². The van der Waals surface area contributed by atoms with E-state index in [0.717, 1.165) is 18.4 Å². The van der Waals surface area contributed by atoms with E-state index >= 15 is 0 Å². The maximum atomic E-state index is 5.97. The lowest BCUT2D eigenvalue weighted by atomic mass is 9.85. The first-order valence-corrected chi connectivity index (χ1v) is 7.45. The lowest BCUT2D eigenvalue weighted by molar-refractivity contribution is 0.0226. The first-order chi connectivity index (χ1) is 8.13. The van der Waals surface area contributed by atoms with E-state index in [9.17, 15) is 0 Å². The molecule has 1 aliphatic heterocycles. The Morgan fingerprint density at radius 3 is 2.65 bits per heavy atom. The maximum absolute atomic E-state index is 5.97. The zero-order valence-electron chi connectivity index (χ0n) is 12.2. The maximum Gasteiger partial charge on any atom is 0.0549 e. The van der Waals surface area contributed by atoms with Gasteiger partial charge >= 0.3 is 0 Å². The summed E-state index contributed by atoms with van der Waals surface area (Å²) in [5.74, 6) is 2.39. The molecule has 1 rings (SSSR count). The molecule has 0 aromatic heterocycles. The fraction of sp³-hybridized carbons (Fsp3) is 1.00. The van der Waals surface area contributed by atoms with Crippen LogP contribution in [0.2, 0.25) is 0 Å². The molecule has 102 valence electrons. The van der Waals surface area contributed by atoms with Crippen molar-refractivity contribution in [2.75, 3.05) is 19.7 Å². The smallest absolute Gasteiger partial charge is 0.0549 e. The second-order valence-electron chi connectivity index (χ2n) is 5.96. The van der Waals surface area contributed by atoms with Crippen molar-refractivity contribution in [3.05, 3.63) is 0 Å². The predicted octanol–water partition coefficient (Wildman–Crippen LogP) is 3.46. The van der Waals surface area contributed by atoms with Crippen LogP contribution >= 0.6 is 0 Å².